The zero-order chi connectivity index (χ0) is 27.9. The molecule has 4 heterocycles. The highest BCUT2D eigenvalue weighted by Crippen LogP contribution is 2.27. The Morgan fingerprint density at radius 1 is 0.900 bits per heavy atom. The molecule has 0 spiro atoms. The summed E-state index contributed by atoms with van der Waals surface area (Å²) in [6, 6.07) is 17.8. The minimum Gasteiger partial charge on any atom is -0.319 e. The number of H-pyrrole nitrogens is 1. The van der Waals surface area contributed by atoms with Gasteiger partial charge in [-0.15, -0.1) is 0 Å². The van der Waals surface area contributed by atoms with Gasteiger partial charge in [0.05, 0.1) is 23.1 Å². The number of rotatable bonds is 6. The third-order valence-corrected chi connectivity index (χ3v) is 6.92. The van der Waals surface area contributed by atoms with E-state index in [1.807, 2.05) is 44.4 Å². The minimum atomic E-state index is -0.332. The number of aromatic nitrogens is 4. The molecule has 1 aliphatic rings. The van der Waals surface area contributed by atoms with Crippen LogP contribution in [0, 0.1) is 5.82 Å². The molecule has 5 aromatic rings. The van der Waals surface area contributed by atoms with Crippen LogP contribution in [0.5, 0.6) is 0 Å². The van der Waals surface area contributed by atoms with Crippen molar-refractivity contribution in [2.45, 2.75) is 39.7 Å². The summed E-state index contributed by atoms with van der Waals surface area (Å²) in [6.07, 6.45) is 9.19. The first-order valence-corrected chi connectivity index (χ1v) is 13.8. The number of piperidine rings is 1. The van der Waals surface area contributed by atoms with Gasteiger partial charge in [0.25, 0.3) is 5.91 Å². The molecule has 1 amide bonds. The molecule has 1 aliphatic heterocycles. The average Bonchev–Trinajstić information content (AvgIpc) is 3.43. The molecule has 40 heavy (non-hydrogen) atoms. The summed E-state index contributed by atoms with van der Waals surface area (Å²) in [6.45, 7) is 7.17. The van der Waals surface area contributed by atoms with E-state index in [4.69, 9.17) is 0 Å². The highest BCUT2D eigenvalue weighted by Gasteiger charge is 2.16. The summed E-state index contributed by atoms with van der Waals surface area (Å²) < 4.78 is 13.2. The molecule has 2 aromatic carbocycles. The Morgan fingerprint density at radius 3 is 2.42 bits per heavy atom. The molecule has 0 saturated carbocycles. The Kier molecular flexibility index (Phi) is 8.56. The van der Waals surface area contributed by atoms with Crippen LogP contribution in [0.3, 0.4) is 0 Å². The number of pyridine rings is 2. The van der Waals surface area contributed by atoms with E-state index >= 15 is 0 Å². The standard InChI is InChI=1S/C30H27FN6O.C2H6/c31-24-7-4-21(5-8-24)27-11-9-25(18-33-27)34-30(38)29-26-15-22(6-10-28(26)35-36-29)23-14-20(16-32-17-23)19-37-12-2-1-3-13-37;1-2/h4-11,14-18H,1-3,12-13,19H2,(H,34,38)(H,35,36);1-2H3. The van der Waals surface area contributed by atoms with E-state index in [0.717, 1.165) is 47.2 Å². The van der Waals surface area contributed by atoms with E-state index in [9.17, 15) is 9.18 Å². The zero-order valence-corrected chi connectivity index (χ0v) is 22.8. The fraction of sp³-hybridized carbons (Fsp3) is 0.250. The van der Waals surface area contributed by atoms with Gasteiger partial charge in [0, 0.05) is 35.5 Å². The van der Waals surface area contributed by atoms with Crippen molar-refractivity contribution < 1.29 is 9.18 Å². The number of carbonyl (C=O) groups is 1. The summed E-state index contributed by atoms with van der Waals surface area (Å²) in [5.74, 6) is -0.629. The maximum absolute atomic E-state index is 13.2. The van der Waals surface area contributed by atoms with Gasteiger partial charge in [-0.3, -0.25) is 24.8 Å². The Morgan fingerprint density at radius 2 is 1.68 bits per heavy atom. The van der Waals surface area contributed by atoms with Gasteiger partial charge in [-0.25, -0.2) is 4.39 Å². The van der Waals surface area contributed by atoms with Crippen molar-refractivity contribution in [3.63, 3.8) is 0 Å². The van der Waals surface area contributed by atoms with Crippen LogP contribution >= 0.6 is 0 Å². The van der Waals surface area contributed by atoms with E-state index in [2.05, 4.69) is 36.4 Å². The van der Waals surface area contributed by atoms with Crippen LogP contribution in [0.1, 0.15) is 49.2 Å². The molecule has 7 nitrogen and oxygen atoms in total. The number of hydrogen-bond acceptors (Lipinski definition) is 5. The number of benzene rings is 2. The second kappa shape index (κ2) is 12.6. The number of amides is 1. The maximum Gasteiger partial charge on any atom is 0.276 e. The lowest BCUT2D eigenvalue weighted by Gasteiger charge is -2.26. The number of nitrogens with one attached hydrogen (secondary N) is 2. The van der Waals surface area contributed by atoms with Crippen LogP contribution < -0.4 is 5.32 Å². The molecule has 204 valence electrons. The van der Waals surface area contributed by atoms with Crippen LogP contribution in [0.4, 0.5) is 10.1 Å². The Balaban J connectivity index is 0.00000158. The fourth-order valence-electron chi connectivity index (χ4n) is 4.92. The highest BCUT2D eigenvalue weighted by molar-refractivity contribution is 6.11. The number of nitrogens with zero attached hydrogens (tertiary/aromatic N) is 4. The lowest BCUT2D eigenvalue weighted by molar-refractivity contribution is 0.102. The number of likely N-dealkylation sites (tertiary alicyclic amines) is 1. The minimum absolute atomic E-state index is 0.298. The molecule has 0 unspecified atom stereocenters. The lowest BCUT2D eigenvalue weighted by Crippen LogP contribution is -2.29. The summed E-state index contributed by atoms with van der Waals surface area (Å²) in [5, 5.41) is 10.8. The normalized spacial score (nSPS) is 13.5. The predicted molar refractivity (Wildman–Crippen MR) is 157 cm³/mol. The van der Waals surface area contributed by atoms with Crippen molar-refractivity contribution in [1.82, 2.24) is 25.1 Å². The van der Waals surface area contributed by atoms with Gasteiger partial charge in [0.15, 0.2) is 5.69 Å². The van der Waals surface area contributed by atoms with Crippen LogP contribution in [-0.4, -0.2) is 44.1 Å². The largest absolute Gasteiger partial charge is 0.319 e. The molecule has 8 heteroatoms. The lowest BCUT2D eigenvalue weighted by atomic mass is 10.0. The van der Waals surface area contributed by atoms with Crippen molar-refractivity contribution >= 4 is 22.5 Å². The molecular formula is C32H33FN6O. The molecule has 0 aliphatic carbocycles. The van der Waals surface area contributed by atoms with Gasteiger partial charge in [0.2, 0.25) is 0 Å². The summed E-state index contributed by atoms with van der Waals surface area (Å²) in [7, 11) is 0. The third kappa shape index (κ3) is 6.24. The zero-order valence-electron chi connectivity index (χ0n) is 22.8. The third-order valence-electron chi connectivity index (χ3n) is 6.92. The number of aromatic amines is 1. The number of halogens is 1. The first-order valence-electron chi connectivity index (χ1n) is 13.8. The van der Waals surface area contributed by atoms with E-state index in [0.29, 0.717) is 17.1 Å². The van der Waals surface area contributed by atoms with Crippen molar-refractivity contribution in [2.24, 2.45) is 0 Å². The molecule has 0 radical (unpaired) electrons. The molecule has 1 fully saturated rings. The average molecular weight is 537 g/mol. The smallest absolute Gasteiger partial charge is 0.276 e. The first kappa shape index (κ1) is 27.1. The molecule has 0 bridgehead atoms. The topological polar surface area (TPSA) is 86.8 Å². The quantitative estimate of drug-likeness (QED) is 0.242. The van der Waals surface area contributed by atoms with Gasteiger partial charge in [-0.05, 0) is 91.7 Å². The molecule has 3 aromatic heterocycles. The van der Waals surface area contributed by atoms with Gasteiger partial charge >= 0.3 is 0 Å². The van der Waals surface area contributed by atoms with E-state index in [-0.39, 0.29) is 11.7 Å². The monoisotopic (exact) mass is 536 g/mol. The van der Waals surface area contributed by atoms with Gasteiger partial charge in [-0.2, -0.15) is 5.10 Å². The Bertz CT molecular complexity index is 1570. The fourth-order valence-corrected chi connectivity index (χ4v) is 4.92. The SMILES string of the molecule is CC.O=C(Nc1ccc(-c2ccc(F)cc2)nc1)c1n[nH]c2ccc(-c3cncc(CN4CCCCC4)c3)cc12. The molecular weight excluding hydrogens is 503 g/mol. The van der Waals surface area contributed by atoms with Crippen LogP contribution in [0.2, 0.25) is 0 Å². The summed E-state index contributed by atoms with van der Waals surface area (Å²) >= 11 is 0. The van der Waals surface area contributed by atoms with Gasteiger partial charge in [0.1, 0.15) is 5.82 Å². The van der Waals surface area contributed by atoms with Crippen molar-refractivity contribution in [2.75, 3.05) is 18.4 Å². The number of hydrogen-bond donors (Lipinski definition) is 2. The maximum atomic E-state index is 13.2. The van der Waals surface area contributed by atoms with E-state index in [1.54, 1.807) is 30.5 Å². The highest BCUT2D eigenvalue weighted by atomic mass is 19.1. The molecule has 2 N–H and O–H groups in total. The molecule has 0 atom stereocenters. The summed E-state index contributed by atoms with van der Waals surface area (Å²) in [4.78, 5) is 24.5. The van der Waals surface area contributed by atoms with E-state index in [1.165, 1.54) is 37.0 Å². The van der Waals surface area contributed by atoms with Crippen molar-refractivity contribution in [3.8, 4) is 22.4 Å². The van der Waals surface area contributed by atoms with Gasteiger partial charge in [-0.1, -0.05) is 26.3 Å². The van der Waals surface area contributed by atoms with Crippen molar-refractivity contribution in [1.29, 1.82) is 0 Å². The van der Waals surface area contributed by atoms with Crippen LogP contribution in [0.15, 0.2) is 79.3 Å². The van der Waals surface area contributed by atoms with Gasteiger partial charge < -0.3 is 5.32 Å². The van der Waals surface area contributed by atoms with Crippen molar-refractivity contribution in [3.05, 3.63) is 96.3 Å². The second-order valence-corrected chi connectivity index (χ2v) is 9.64. The Labute approximate surface area is 233 Å². The van der Waals surface area contributed by atoms with Crippen LogP contribution in [-0.2, 0) is 6.54 Å². The first-order chi connectivity index (χ1) is 19.6. The molecule has 1 saturated heterocycles. The second-order valence-electron chi connectivity index (χ2n) is 9.64. The predicted octanol–water partition coefficient (Wildman–Crippen LogP) is 7.09. The summed E-state index contributed by atoms with van der Waals surface area (Å²) in [5.41, 5.74) is 6.29. The van der Waals surface area contributed by atoms with Crippen LogP contribution in [0.25, 0.3) is 33.3 Å². The molecule has 6 rings (SSSR count). The number of anilines is 1. The Hall–Kier alpha value is -4.43. The number of fused-ring (bicyclic) bond motifs is 1. The number of carbonyl (C=O) groups excluding carboxylic acids is 1. The van der Waals surface area contributed by atoms with E-state index < -0.39 is 0 Å².